The fourth-order valence-corrected chi connectivity index (χ4v) is 4.85. The molecule has 1 saturated heterocycles. The van der Waals surface area contributed by atoms with Gasteiger partial charge in [-0.15, -0.1) is 0 Å². The predicted octanol–water partition coefficient (Wildman–Crippen LogP) is 0.377. The Labute approximate surface area is 222 Å². The zero-order chi connectivity index (χ0) is 28.6. The molecule has 0 amide bonds. The lowest BCUT2D eigenvalue weighted by Crippen LogP contribution is -2.73. The maximum absolute atomic E-state index is 11.7. The minimum Gasteiger partial charge on any atom is -0.481 e. The van der Waals surface area contributed by atoms with Crippen molar-refractivity contribution in [3.05, 3.63) is 0 Å². The van der Waals surface area contributed by atoms with Gasteiger partial charge >= 0.3 is 29.8 Å². The first-order valence-electron chi connectivity index (χ1n) is 13.0. The molecule has 218 valence electrons. The monoisotopic (exact) mass is 546 g/mol. The summed E-state index contributed by atoms with van der Waals surface area (Å²) in [6.45, 7) is -1.66. The Hall–Kier alpha value is -2.81. The minimum atomic E-state index is -1.58. The molecule has 1 heterocycles. The van der Waals surface area contributed by atoms with Crippen LogP contribution in [0, 0.1) is 5.92 Å². The number of carboxylic acid groups (broad SMARTS) is 5. The quantitative estimate of drug-likeness (QED) is 0.0765. The Bertz CT molecular complexity index is 776. The Morgan fingerprint density at radius 3 is 1.61 bits per heavy atom. The molecule has 1 atom stereocenters. The van der Waals surface area contributed by atoms with E-state index in [2.05, 4.69) is 10.6 Å². The second-order valence-electron chi connectivity index (χ2n) is 9.82. The number of nitrogens with one attached hydrogen (secondary N) is 2. The lowest BCUT2D eigenvalue weighted by atomic mass is 9.98. The van der Waals surface area contributed by atoms with Crippen LogP contribution < -0.4 is 10.6 Å². The molecule has 0 aliphatic carbocycles. The van der Waals surface area contributed by atoms with E-state index in [0.717, 1.165) is 44.9 Å². The highest BCUT2D eigenvalue weighted by molar-refractivity contribution is 5.71. The van der Waals surface area contributed by atoms with E-state index >= 15 is 0 Å². The Kier molecular flexibility index (Phi) is 15.4. The first kappa shape index (κ1) is 33.2. The van der Waals surface area contributed by atoms with E-state index in [0.29, 0.717) is 19.4 Å². The van der Waals surface area contributed by atoms with Crippen molar-refractivity contribution in [2.24, 2.45) is 5.92 Å². The van der Waals surface area contributed by atoms with Crippen molar-refractivity contribution in [3.8, 4) is 0 Å². The smallest absolute Gasteiger partial charge is 0.317 e. The molecule has 1 aliphatic rings. The van der Waals surface area contributed by atoms with Gasteiger partial charge < -0.3 is 25.5 Å². The van der Waals surface area contributed by atoms with Crippen molar-refractivity contribution < 1.29 is 49.5 Å². The summed E-state index contributed by atoms with van der Waals surface area (Å²) in [5.41, 5.74) is 0. The average molecular weight is 547 g/mol. The molecule has 38 heavy (non-hydrogen) atoms. The lowest BCUT2D eigenvalue weighted by Gasteiger charge is -2.44. The molecule has 0 spiro atoms. The Morgan fingerprint density at radius 1 is 0.632 bits per heavy atom. The zero-order valence-electron chi connectivity index (χ0n) is 21.8. The van der Waals surface area contributed by atoms with Crippen molar-refractivity contribution in [2.45, 2.75) is 70.0 Å². The van der Waals surface area contributed by atoms with Crippen LogP contribution in [-0.4, -0.2) is 117 Å². The van der Waals surface area contributed by atoms with E-state index in [1.807, 2.05) is 0 Å². The zero-order valence-corrected chi connectivity index (χ0v) is 21.8. The Balaban J connectivity index is 2.86. The highest BCUT2D eigenvalue weighted by atomic mass is 16.4. The van der Waals surface area contributed by atoms with Gasteiger partial charge in [-0.1, -0.05) is 44.9 Å². The van der Waals surface area contributed by atoms with Gasteiger partial charge in [0, 0.05) is 26.1 Å². The highest BCUT2D eigenvalue weighted by Gasteiger charge is 2.43. The fraction of sp³-hybridized carbons (Fsp3) is 0.792. The van der Waals surface area contributed by atoms with Gasteiger partial charge in [0.15, 0.2) is 0 Å². The standard InChI is InChI=1S/C24H42N4O10/c29-19(30)10-8-6-4-2-1-3-5-7-9-18-13-27(15-22(35)36)17-24(25-11-20(31)32,26-12-21(33)34)28(14-18)16-23(37)38/h18,25-26H,1-17H2,(H,29,30)(H,31,32)(H,33,34)(H,35,36)(H,37,38). The maximum atomic E-state index is 11.7. The average Bonchev–Trinajstić information content (AvgIpc) is 2.93. The number of nitrogens with zero attached hydrogens (tertiary/aromatic N) is 2. The molecule has 1 rings (SSSR count). The third-order valence-electron chi connectivity index (χ3n) is 6.49. The van der Waals surface area contributed by atoms with Gasteiger partial charge in [0.25, 0.3) is 0 Å². The molecule has 0 aromatic carbocycles. The van der Waals surface area contributed by atoms with E-state index in [1.165, 1.54) is 4.90 Å². The van der Waals surface area contributed by atoms with Crippen LogP contribution in [0.3, 0.4) is 0 Å². The summed E-state index contributed by atoms with van der Waals surface area (Å²) in [5.74, 6) is -7.24. The summed E-state index contributed by atoms with van der Waals surface area (Å²) in [6.07, 6.45) is 8.25. The molecular weight excluding hydrogens is 504 g/mol. The SMILES string of the molecule is O=C(O)CCCCCCCCCCC1CN(CC(=O)O)CC(NCC(=O)O)(NCC(=O)O)N(CC(=O)O)C1. The second-order valence-corrected chi connectivity index (χ2v) is 9.82. The van der Waals surface area contributed by atoms with Gasteiger partial charge in [0.1, 0.15) is 5.79 Å². The lowest BCUT2D eigenvalue weighted by molar-refractivity contribution is -0.145. The van der Waals surface area contributed by atoms with Crippen molar-refractivity contribution >= 4 is 29.8 Å². The molecule has 1 unspecified atom stereocenters. The van der Waals surface area contributed by atoms with Gasteiger partial charge in [0.05, 0.1) is 26.2 Å². The van der Waals surface area contributed by atoms with Crippen molar-refractivity contribution in [1.29, 1.82) is 0 Å². The van der Waals surface area contributed by atoms with Crippen LogP contribution in [0.2, 0.25) is 0 Å². The summed E-state index contributed by atoms with van der Waals surface area (Å²) in [6, 6.07) is 0. The number of aliphatic carboxylic acids is 5. The Morgan fingerprint density at radius 2 is 1.13 bits per heavy atom. The van der Waals surface area contributed by atoms with E-state index in [9.17, 15) is 44.4 Å². The highest BCUT2D eigenvalue weighted by Crippen LogP contribution is 2.24. The molecule has 1 fully saturated rings. The normalized spacial score (nSPS) is 18.1. The van der Waals surface area contributed by atoms with Crippen LogP contribution in [0.5, 0.6) is 0 Å². The molecule has 7 N–H and O–H groups in total. The minimum absolute atomic E-state index is 0.121. The van der Waals surface area contributed by atoms with Crippen LogP contribution in [0.1, 0.15) is 64.2 Å². The van der Waals surface area contributed by atoms with Gasteiger partial charge in [-0.05, 0) is 18.8 Å². The first-order chi connectivity index (χ1) is 17.9. The summed E-state index contributed by atoms with van der Waals surface area (Å²) in [5, 5.41) is 51.6. The number of carboxylic acids is 5. The van der Waals surface area contributed by atoms with Crippen molar-refractivity contribution in [2.75, 3.05) is 45.8 Å². The predicted molar refractivity (Wildman–Crippen MR) is 135 cm³/mol. The first-order valence-corrected chi connectivity index (χ1v) is 13.0. The topological polar surface area (TPSA) is 217 Å². The largest absolute Gasteiger partial charge is 0.481 e. The van der Waals surface area contributed by atoms with Crippen LogP contribution in [0.4, 0.5) is 0 Å². The van der Waals surface area contributed by atoms with Gasteiger partial charge in [-0.25, -0.2) is 0 Å². The van der Waals surface area contributed by atoms with E-state index in [4.69, 9.17) is 5.11 Å². The van der Waals surface area contributed by atoms with Crippen LogP contribution in [0.25, 0.3) is 0 Å². The van der Waals surface area contributed by atoms with Gasteiger partial charge in [-0.2, -0.15) is 0 Å². The summed E-state index contributed by atoms with van der Waals surface area (Å²) < 4.78 is 0. The molecule has 14 heteroatoms. The maximum Gasteiger partial charge on any atom is 0.317 e. The molecule has 0 radical (unpaired) electrons. The van der Waals surface area contributed by atoms with E-state index < -0.39 is 55.3 Å². The number of rotatable bonds is 21. The summed E-state index contributed by atoms with van der Waals surface area (Å²) in [7, 11) is 0. The summed E-state index contributed by atoms with van der Waals surface area (Å²) in [4.78, 5) is 59.5. The number of hydrogen-bond acceptors (Lipinski definition) is 9. The van der Waals surface area contributed by atoms with Gasteiger partial charge in [0.2, 0.25) is 0 Å². The van der Waals surface area contributed by atoms with E-state index in [-0.39, 0.29) is 32.0 Å². The van der Waals surface area contributed by atoms with Gasteiger partial charge in [-0.3, -0.25) is 44.4 Å². The molecule has 0 aromatic heterocycles. The van der Waals surface area contributed by atoms with Crippen LogP contribution >= 0.6 is 0 Å². The van der Waals surface area contributed by atoms with Crippen molar-refractivity contribution in [1.82, 2.24) is 20.4 Å². The van der Waals surface area contributed by atoms with Crippen LogP contribution in [0.15, 0.2) is 0 Å². The number of carbonyl (C=O) groups is 5. The third kappa shape index (κ3) is 14.2. The second kappa shape index (κ2) is 17.7. The van der Waals surface area contributed by atoms with Crippen LogP contribution in [-0.2, 0) is 24.0 Å². The molecular formula is C24H42N4O10. The van der Waals surface area contributed by atoms with Crippen molar-refractivity contribution in [3.63, 3.8) is 0 Å². The molecule has 0 aromatic rings. The third-order valence-corrected chi connectivity index (χ3v) is 6.49. The molecule has 14 nitrogen and oxygen atoms in total. The molecule has 0 bridgehead atoms. The van der Waals surface area contributed by atoms with E-state index in [1.54, 1.807) is 4.90 Å². The summed E-state index contributed by atoms with van der Waals surface area (Å²) >= 11 is 0. The molecule has 1 aliphatic heterocycles. The fourth-order valence-electron chi connectivity index (χ4n) is 4.85. The molecule has 0 saturated carbocycles. The number of unbranched alkanes of at least 4 members (excludes halogenated alkanes) is 7. The number of hydrogen-bond donors (Lipinski definition) is 7.